The highest BCUT2D eigenvalue weighted by atomic mass is 19.1. The van der Waals surface area contributed by atoms with Gasteiger partial charge in [-0.2, -0.15) is 4.39 Å². The van der Waals surface area contributed by atoms with Gasteiger partial charge in [0.25, 0.3) is 5.91 Å². The second-order valence-corrected chi connectivity index (χ2v) is 4.84. The van der Waals surface area contributed by atoms with Crippen molar-refractivity contribution in [2.75, 3.05) is 19.7 Å². The Labute approximate surface area is 115 Å². The lowest BCUT2D eigenvalue weighted by Gasteiger charge is -2.31. The van der Waals surface area contributed by atoms with E-state index < -0.39 is 16.4 Å². The standard InChI is InChI=1S/C13H15FN2O4/c14-11-7-10(1-2-12(11)16(19)20)13(18)15-5-3-9(8-17)4-6-15/h1-2,7,9,17H,3-6,8H2. The Morgan fingerprint density at radius 1 is 1.45 bits per heavy atom. The maximum atomic E-state index is 13.5. The fourth-order valence-electron chi connectivity index (χ4n) is 2.29. The first-order chi connectivity index (χ1) is 9.52. The molecule has 1 amide bonds. The maximum Gasteiger partial charge on any atom is 0.304 e. The van der Waals surface area contributed by atoms with Gasteiger partial charge in [-0.15, -0.1) is 0 Å². The summed E-state index contributed by atoms with van der Waals surface area (Å²) in [5.74, 6) is -1.14. The number of carbonyl (C=O) groups is 1. The normalized spacial score (nSPS) is 16.2. The summed E-state index contributed by atoms with van der Waals surface area (Å²) < 4.78 is 13.5. The molecule has 108 valence electrons. The average Bonchev–Trinajstić information content (AvgIpc) is 2.46. The van der Waals surface area contributed by atoms with Gasteiger partial charge in [0.15, 0.2) is 0 Å². The number of aliphatic hydroxyl groups excluding tert-OH is 1. The fourth-order valence-corrected chi connectivity index (χ4v) is 2.29. The number of halogens is 1. The topological polar surface area (TPSA) is 83.7 Å². The van der Waals surface area contributed by atoms with Crippen LogP contribution in [0.3, 0.4) is 0 Å². The van der Waals surface area contributed by atoms with Crippen molar-refractivity contribution in [1.82, 2.24) is 4.90 Å². The zero-order valence-corrected chi connectivity index (χ0v) is 10.8. The van der Waals surface area contributed by atoms with Crippen LogP contribution in [0.15, 0.2) is 18.2 Å². The molecule has 7 heteroatoms. The van der Waals surface area contributed by atoms with Gasteiger partial charge >= 0.3 is 5.69 Å². The van der Waals surface area contributed by atoms with Crippen molar-refractivity contribution in [2.45, 2.75) is 12.8 Å². The van der Waals surface area contributed by atoms with Crippen LogP contribution in [-0.2, 0) is 0 Å². The van der Waals surface area contributed by atoms with Crippen LogP contribution in [0.25, 0.3) is 0 Å². The van der Waals surface area contributed by atoms with Crippen LogP contribution >= 0.6 is 0 Å². The average molecular weight is 282 g/mol. The van der Waals surface area contributed by atoms with Crippen molar-refractivity contribution < 1.29 is 19.2 Å². The lowest BCUT2D eigenvalue weighted by molar-refractivity contribution is -0.387. The summed E-state index contributed by atoms with van der Waals surface area (Å²) in [6.07, 6.45) is 1.41. The van der Waals surface area contributed by atoms with E-state index in [1.165, 1.54) is 6.07 Å². The number of likely N-dealkylation sites (tertiary alicyclic amines) is 1. The van der Waals surface area contributed by atoms with Gasteiger partial charge in [0.1, 0.15) is 0 Å². The van der Waals surface area contributed by atoms with Crippen LogP contribution in [0.2, 0.25) is 0 Å². The molecule has 6 nitrogen and oxygen atoms in total. The minimum absolute atomic E-state index is 0.105. The number of hydrogen-bond acceptors (Lipinski definition) is 4. The Balaban J connectivity index is 2.10. The Hall–Kier alpha value is -2.02. The highest BCUT2D eigenvalue weighted by Gasteiger charge is 2.24. The second kappa shape index (κ2) is 5.96. The first-order valence-corrected chi connectivity index (χ1v) is 6.37. The Kier molecular flexibility index (Phi) is 4.29. The number of carbonyl (C=O) groups excluding carboxylic acids is 1. The molecule has 1 aliphatic heterocycles. The maximum absolute atomic E-state index is 13.5. The predicted molar refractivity (Wildman–Crippen MR) is 68.8 cm³/mol. The van der Waals surface area contributed by atoms with E-state index in [0.717, 1.165) is 12.1 Å². The molecule has 1 aromatic rings. The van der Waals surface area contributed by atoms with Crippen LogP contribution in [0, 0.1) is 21.8 Å². The molecule has 0 aromatic heterocycles. The van der Waals surface area contributed by atoms with Crippen molar-refractivity contribution in [1.29, 1.82) is 0 Å². The van der Waals surface area contributed by atoms with E-state index in [-0.39, 0.29) is 24.0 Å². The van der Waals surface area contributed by atoms with Crippen LogP contribution in [0.4, 0.5) is 10.1 Å². The van der Waals surface area contributed by atoms with Crippen molar-refractivity contribution in [3.63, 3.8) is 0 Å². The van der Waals surface area contributed by atoms with Gasteiger partial charge in [-0.25, -0.2) is 0 Å². The quantitative estimate of drug-likeness (QED) is 0.674. The summed E-state index contributed by atoms with van der Waals surface area (Å²) in [4.78, 5) is 23.4. The van der Waals surface area contributed by atoms with Crippen LogP contribution < -0.4 is 0 Å². The molecule has 0 bridgehead atoms. The lowest BCUT2D eigenvalue weighted by Crippen LogP contribution is -2.39. The van der Waals surface area contributed by atoms with Gasteiger partial charge in [-0.3, -0.25) is 14.9 Å². The number of piperidine rings is 1. The Morgan fingerprint density at radius 2 is 2.10 bits per heavy atom. The number of nitrogens with zero attached hydrogens (tertiary/aromatic N) is 2. The van der Waals surface area contributed by atoms with Gasteiger partial charge < -0.3 is 10.0 Å². The monoisotopic (exact) mass is 282 g/mol. The van der Waals surface area contributed by atoms with Crippen molar-refractivity contribution in [3.05, 3.63) is 39.7 Å². The largest absolute Gasteiger partial charge is 0.396 e. The molecule has 1 aliphatic rings. The van der Waals surface area contributed by atoms with E-state index >= 15 is 0 Å². The molecule has 1 heterocycles. The third-order valence-electron chi connectivity index (χ3n) is 3.55. The third kappa shape index (κ3) is 2.93. The van der Waals surface area contributed by atoms with E-state index in [1.807, 2.05) is 0 Å². The predicted octanol–water partition coefficient (Wildman–Crippen LogP) is 1.58. The molecule has 0 atom stereocenters. The molecule has 2 rings (SSSR count). The SMILES string of the molecule is O=C(c1ccc([N+](=O)[O-])c(F)c1)N1CCC(CO)CC1. The summed E-state index contributed by atoms with van der Waals surface area (Å²) in [6.45, 7) is 1.11. The van der Waals surface area contributed by atoms with E-state index in [0.29, 0.717) is 25.9 Å². The first kappa shape index (κ1) is 14.4. The Bertz CT molecular complexity index is 527. The summed E-state index contributed by atoms with van der Waals surface area (Å²) in [7, 11) is 0. The third-order valence-corrected chi connectivity index (χ3v) is 3.55. The first-order valence-electron chi connectivity index (χ1n) is 6.37. The molecule has 1 aromatic carbocycles. The number of hydrogen-bond donors (Lipinski definition) is 1. The summed E-state index contributed by atoms with van der Waals surface area (Å²) in [6, 6.07) is 3.17. The number of amides is 1. The molecule has 0 unspecified atom stereocenters. The zero-order chi connectivity index (χ0) is 14.7. The Morgan fingerprint density at radius 3 is 2.60 bits per heavy atom. The summed E-state index contributed by atoms with van der Waals surface area (Å²) in [5.41, 5.74) is -0.531. The second-order valence-electron chi connectivity index (χ2n) is 4.84. The fraction of sp³-hybridized carbons (Fsp3) is 0.462. The molecule has 0 spiro atoms. The summed E-state index contributed by atoms with van der Waals surface area (Å²) in [5, 5.41) is 19.6. The molecule has 0 saturated carbocycles. The van der Waals surface area contributed by atoms with E-state index in [4.69, 9.17) is 5.11 Å². The van der Waals surface area contributed by atoms with Crippen LogP contribution in [-0.4, -0.2) is 40.5 Å². The molecule has 1 N–H and O–H groups in total. The number of rotatable bonds is 3. The smallest absolute Gasteiger partial charge is 0.304 e. The molecule has 20 heavy (non-hydrogen) atoms. The minimum atomic E-state index is -1.01. The molecule has 1 saturated heterocycles. The lowest BCUT2D eigenvalue weighted by atomic mass is 9.97. The van der Waals surface area contributed by atoms with E-state index in [1.54, 1.807) is 4.90 Å². The molecular weight excluding hydrogens is 267 g/mol. The molecule has 1 fully saturated rings. The number of benzene rings is 1. The van der Waals surface area contributed by atoms with Crippen molar-refractivity contribution in [3.8, 4) is 0 Å². The van der Waals surface area contributed by atoms with Gasteiger partial charge in [-0.1, -0.05) is 0 Å². The van der Waals surface area contributed by atoms with Gasteiger partial charge in [0.05, 0.1) is 4.92 Å². The molecular formula is C13H15FN2O4. The van der Waals surface area contributed by atoms with E-state index in [2.05, 4.69) is 0 Å². The zero-order valence-electron chi connectivity index (χ0n) is 10.8. The molecule has 0 aliphatic carbocycles. The van der Waals surface area contributed by atoms with Crippen molar-refractivity contribution >= 4 is 11.6 Å². The number of nitro benzene ring substituents is 1. The van der Waals surface area contributed by atoms with Crippen molar-refractivity contribution in [2.24, 2.45) is 5.92 Å². The van der Waals surface area contributed by atoms with Crippen LogP contribution in [0.1, 0.15) is 23.2 Å². The highest BCUT2D eigenvalue weighted by molar-refractivity contribution is 5.94. The van der Waals surface area contributed by atoms with Gasteiger partial charge in [-0.05, 0) is 30.9 Å². The van der Waals surface area contributed by atoms with Gasteiger partial charge in [0.2, 0.25) is 5.82 Å². The highest BCUT2D eigenvalue weighted by Crippen LogP contribution is 2.22. The van der Waals surface area contributed by atoms with E-state index in [9.17, 15) is 19.3 Å². The number of nitro groups is 1. The summed E-state index contributed by atoms with van der Waals surface area (Å²) >= 11 is 0. The number of aliphatic hydroxyl groups is 1. The minimum Gasteiger partial charge on any atom is -0.396 e. The van der Waals surface area contributed by atoms with Crippen LogP contribution in [0.5, 0.6) is 0 Å². The molecule has 0 radical (unpaired) electrons. The van der Waals surface area contributed by atoms with Gasteiger partial charge in [0, 0.05) is 31.3 Å².